The van der Waals surface area contributed by atoms with Gasteiger partial charge in [-0.05, 0) is 19.4 Å². The average Bonchev–Trinajstić information content (AvgIpc) is 2.97. The number of aryl methyl sites for hydroxylation is 1. The van der Waals surface area contributed by atoms with Crippen molar-refractivity contribution >= 4 is 17.4 Å². The van der Waals surface area contributed by atoms with Crippen molar-refractivity contribution in [2.45, 2.75) is 25.9 Å². The van der Waals surface area contributed by atoms with Crippen LogP contribution >= 0.6 is 11.6 Å². The maximum absolute atomic E-state index is 6.15. The van der Waals surface area contributed by atoms with Crippen molar-refractivity contribution < 1.29 is 0 Å². The summed E-state index contributed by atoms with van der Waals surface area (Å²) in [5, 5.41) is 0.603. The van der Waals surface area contributed by atoms with Crippen molar-refractivity contribution in [2.24, 2.45) is 0 Å². The van der Waals surface area contributed by atoms with Crippen molar-refractivity contribution in [1.29, 1.82) is 0 Å². The van der Waals surface area contributed by atoms with E-state index in [-0.39, 0.29) is 0 Å². The normalized spacial score (nSPS) is 18.6. The summed E-state index contributed by atoms with van der Waals surface area (Å²) in [5.41, 5.74) is 2.08. The second-order valence-corrected chi connectivity index (χ2v) is 6.12. The third kappa shape index (κ3) is 3.36. The van der Waals surface area contributed by atoms with Gasteiger partial charge in [-0.25, -0.2) is 15.0 Å². The fourth-order valence-electron chi connectivity index (χ4n) is 2.87. The lowest BCUT2D eigenvalue weighted by molar-refractivity contribution is 0.325. The lowest BCUT2D eigenvalue weighted by atomic mass is 10.2. The molecule has 0 N–H and O–H groups in total. The van der Waals surface area contributed by atoms with E-state index in [0.717, 1.165) is 43.1 Å². The Balaban J connectivity index is 1.64. The molecular weight excluding hydrogens is 298 g/mol. The minimum Gasteiger partial charge on any atom is -0.355 e. The molecule has 0 aliphatic carbocycles. The lowest BCUT2D eigenvalue weighted by Crippen LogP contribution is -2.35. The molecule has 0 aromatic carbocycles. The van der Waals surface area contributed by atoms with Crippen LogP contribution in [0.3, 0.4) is 0 Å². The molecule has 1 atom stereocenters. The van der Waals surface area contributed by atoms with Gasteiger partial charge in [-0.3, -0.25) is 4.90 Å². The van der Waals surface area contributed by atoms with E-state index >= 15 is 0 Å². The highest BCUT2D eigenvalue weighted by atomic mass is 35.5. The van der Waals surface area contributed by atoms with Gasteiger partial charge in [-0.2, -0.15) is 0 Å². The molecule has 0 saturated carbocycles. The van der Waals surface area contributed by atoms with Crippen molar-refractivity contribution in [1.82, 2.24) is 19.9 Å². The Kier molecular flexibility index (Phi) is 4.55. The first-order chi connectivity index (χ1) is 10.6. The molecule has 5 nitrogen and oxygen atoms in total. The van der Waals surface area contributed by atoms with E-state index in [0.29, 0.717) is 11.2 Å². The van der Waals surface area contributed by atoms with Crippen LogP contribution in [0.4, 0.5) is 5.82 Å². The Morgan fingerprint density at radius 3 is 3.00 bits per heavy atom. The number of hydrogen-bond donors (Lipinski definition) is 0. The van der Waals surface area contributed by atoms with Crippen LogP contribution in [0.2, 0.25) is 5.15 Å². The average molecular weight is 318 g/mol. The highest BCUT2D eigenvalue weighted by Crippen LogP contribution is 2.22. The third-order valence-electron chi connectivity index (χ3n) is 4.18. The summed E-state index contributed by atoms with van der Waals surface area (Å²) in [5.74, 6) is 0.985. The molecule has 3 heterocycles. The van der Waals surface area contributed by atoms with Crippen LogP contribution in [0.5, 0.6) is 0 Å². The molecular formula is C16H20ClN5. The smallest absolute Gasteiger partial charge is 0.133 e. The summed E-state index contributed by atoms with van der Waals surface area (Å²) in [6, 6.07) is 6.47. The zero-order valence-corrected chi connectivity index (χ0v) is 13.7. The van der Waals surface area contributed by atoms with Crippen molar-refractivity contribution in [3.05, 3.63) is 47.1 Å². The van der Waals surface area contributed by atoms with Gasteiger partial charge >= 0.3 is 0 Å². The topological polar surface area (TPSA) is 45.2 Å². The molecule has 3 rings (SSSR count). The number of nitrogens with zero attached hydrogens (tertiary/aromatic N) is 5. The Hall–Kier alpha value is -1.72. The second-order valence-electron chi connectivity index (χ2n) is 5.76. The molecule has 1 fully saturated rings. The number of pyridine rings is 1. The van der Waals surface area contributed by atoms with Gasteiger partial charge in [0.15, 0.2) is 0 Å². The van der Waals surface area contributed by atoms with Crippen LogP contribution in [0.1, 0.15) is 17.7 Å². The lowest BCUT2D eigenvalue weighted by Gasteiger charge is -2.26. The molecule has 1 aliphatic heterocycles. The molecule has 22 heavy (non-hydrogen) atoms. The van der Waals surface area contributed by atoms with Gasteiger partial charge < -0.3 is 4.90 Å². The number of rotatable bonds is 4. The molecule has 6 heteroatoms. The summed E-state index contributed by atoms with van der Waals surface area (Å²) < 4.78 is 0. The van der Waals surface area contributed by atoms with E-state index < -0.39 is 0 Å². The first-order valence-electron chi connectivity index (χ1n) is 7.46. The number of aromatic nitrogens is 3. The van der Waals surface area contributed by atoms with Crippen molar-refractivity contribution in [3.63, 3.8) is 0 Å². The highest BCUT2D eigenvalue weighted by Gasteiger charge is 2.27. The van der Waals surface area contributed by atoms with E-state index in [9.17, 15) is 0 Å². The Morgan fingerprint density at radius 2 is 2.23 bits per heavy atom. The molecule has 1 saturated heterocycles. The maximum atomic E-state index is 6.15. The summed E-state index contributed by atoms with van der Waals surface area (Å²) in [6.45, 7) is 4.90. The zero-order chi connectivity index (χ0) is 15.5. The number of anilines is 1. The Bertz CT molecular complexity index is 648. The summed E-state index contributed by atoms with van der Waals surface area (Å²) in [4.78, 5) is 17.3. The quantitative estimate of drug-likeness (QED) is 0.811. The van der Waals surface area contributed by atoms with Crippen molar-refractivity contribution in [3.8, 4) is 0 Å². The number of likely N-dealkylation sites (tertiary alicyclic amines) is 1. The van der Waals surface area contributed by atoms with Gasteiger partial charge in [0.1, 0.15) is 17.3 Å². The van der Waals surface area contributed by atoms with Gasteiger partial charge in [0.2, 0.25) is 0 Å². The second kappa shape index (κ2) is 6.58. The SMILES string of the molecule is Cc1cc(N(C)C2CCN(Cc3cccnc3Cl)C2)ncn1. The summed E-state index contributed by atoms with van der Waals surface area (Å²) in [7, 11) is 2.10. The molecule has 1 aliphatic rings. The minimum atomic E-state index is 0.463. The van der Waals surface area contributed by atoms with Crippen LogP contribution in [-0.4, -0.2) is 46.0 Å². The molecule has 0 bridgehead atoms. The Labute approximate surface area is 136 Å². The first-order valence-corrected chi connectivity index (χ1v) is 7.84. The predicted octanol–water partition coefficient (Wildman–Crippen LogP) is 2.54. The molecule has 0 spiro atoms. The zero-order valence-electron chi connectivity index (χ0n) is 12.9. The van der Waals surface area contributed by atoms with Crippen molar-refractivity contribution in [2.75, 3.05) is 25.0 Å². The fourth-order valence-corrected chi connectivity index (χ4v) is 3.05. The standard InChI is InChI=1S/C16H20ClN5/c1-12-8-15(20-11-19-12)21(2)14-5-7-22(10-14)9-13-4-3-6-18-16(13)17/h3-4,6,8,11,14H,5,7,9-10H2,1-2H3. The largest absolute Gasteiger partial charge is 0.355 e. The molecule has 2 aromatic heterocycles. The van der Waals surface area contributed by atoms with Gasteiger partial charge in [0.25, 0.3) is 0 Å². The molecule has 116 valence electrons. The monoisotopic (exact) mass is 317 g/mol. The van der Waals surface area contributed by atoms with E-state index in [1.807, 2.05) is 25.1 Å². The van der Waals surface area contributed by atoms with Crippen LogP contribution in [0, 0.1) is 6.92 Å². The molecule has 1 unspecified atom stereocenters. The number of halogens is 1. The number of hydrogen-bond acceptors (Lipinski definition) is 5. The third-order valence-corrected chi connectivity index (χ3v) is 4.52. The highest BCUT2D eigenvalue weighted by molar-refractivity contribution is 6.30. The van der Waals surface area contributed by atoms with Crippen LogP contribution in [-0.2, 0) is 6.54 Å². The van der Waals surface area contributed by atoms with E-state index in [2.05, 4.69) is 31.8 Å². The molecule has 0 radical (unpaired) electrons. The predicted molar refractivity (Wildman–Crippen MR) is 88.1 cm³/mol. The van der Waals surface area contributed by atoms with Crippen LogP contribution < -0.4 is 4.90 Å². The van der Waals surface area contributed by atoms with Gasteiger partial charge in [0.05, 0.1) is 0 Å². The minimum absolute atomic E-state index is 0.463. The fraction of sp³-hybridized carbons (Fsp3) is 0.438. The van der Waals surface area contributed by atoms with Crippen LogP contribution in [0.15, 0.2) is 30.7 Å². The molecule has 2 aromatic rings. The number of likely N-dealkylation sites (N-methyl/N-ethyl adjacent to an activating group) is 1. The van der Waals surface area contributed by atoms with Crippen LogP contribution in [0.25, 0.3) is 0 Å². The van der Waals surface area contributed by atoms with E-state index in [1.165, 1.54) is 0 Å². The summed E-state index contributed by atoms with van der Waals surface area (Å²) >= 11 is 6.15. The first kappa shape index (κ1) is 15.2. The Morgan fingerprint density at radius 1 is 1.36 bits per heavy atom. The van der Waals surface area contributed by atoms with E-state index in [4.69, 9.17) is 11.6 Å². The molecule has 0 amide bonds. The maximum Gasteiger partial charge on any atom is 0.133 e. The van der Waals surface area contributed by atoms with Gasteiger partial charge in [-0.1, -0.05) is 17.7 Å². The van der Waals surface area contributed by atoms with Gasteiger partial charge in [0, 0.05) is 56.2 Å². The van der Waals surface area contributed by atoms with E-state index in [1.54, 1.807) is 12.5 Å². The van der Waals surface area contributed by atoms with Gasteiger partial charge in [-0.15, -0.1) is 0 Å². The summed E-state index contributed by atoms with van der Waals surface area (Å²) in [6.07, 6.45) is 4.48.